The molecule has 0 heterocycles. The van der Waals surface area contributed by atoms with E-state index in [-0.39, 0.29) is 6.61 Å². The number of rotatable bonds is 7. The second-order valence-corrected chi connectivity index (χ2v) is 3.14. The molecule has 0 fully saturated rings. The predicted octanol–water partition coefficient (Wildman–Crippen LogP) is 0.671. The van der Waals surface area contributed by atoms with E-state index in [0.29, 0.717) is 19.3 Å². The van der Waals surface area contributed by atoms with Crippen LogP contribution in [0.3, 0.4) is 0 Å². The van der Waals surface area contributed by atoms with Crippen LogP contribution in [0.5, 0.6) is 0 Å². The molecule has 0 aliphatic carbocycles. The first-order valence-corrected chi connectivity index (χ1v) is 4.69. The molecule has 2 unspecified atom stereocenters. The number of aliphatic hydroxyl groups excluding tert-OH is 3. The van der Waals surface area contributed by atoms with Crippen LogP contribution in [0.15, 0.2) is 0 Å². The highest BCUT2D eigenvalue weighted by Crippen LogP contribution is 2.08. The SMILES string of the molecule is CCCC(O)C(O)CCCCO. The van der Waals surface area contributed by atoms with Gasteiger partial charge in [0.15, 0.2) is 0 Å². The summed E-state index contributed by atoms with van der Waals surface area (Å²) in [6.07, 6.45) is 2.40. The van der Waals surface area contributed by atoms with Crippen LogP contribution in [-0.2, 0) is 0 Å². The highest BCUT2D eigenvalue weighted by molar-refractivity contribution is 4.66. The summed E-state index contributed by atoms with van der Waals surface area (Å²) in [4.78, 5) is 0. The van der Waals surface area contributed by atoms with Crippen LogP contribution >= 0.6 is 0 Å². The minimum absolute atomic E-state index is 0.163. The topological polar surface area (TPSA) is 60.7 Å². The average Bonchev–Trinajstić information content (AvgIpc) is 2.05. The van der Waals surface area contributed by atoms with Crippen molar-refractivity contribution in [1.82, 2.24) is 0 Å². The third-order valence-electron chi connectivity index (χ3n) is 1.94. The van der Waals surface area contributed by atoms with E-state index in [1.165, 1.54) is 0 Å². The number of hydrogen-bond acceptors (Lipinski definition) is 3. The molecule has 2 atom stereocenters. The van der Waals surface area contributed by atoms with Gasteiger partial charge in [-0.25, -0.2) is 0 Å². The van der Waals surface area contributed by atoms with Gasteiger partial charge in [0, 0.05) is 6.61 Å². The fourth-order valence-corrected chi connectivity index (χ4v) is 1.15. The Kier molecular flexibility index (Phi) is 7.45. The zero-order chi connectivity index (χ0) is 9.40. The van der Waals surface area contributed by atoms with Crippen LogP contribution in [0.2, 0.25) is 0 Å². The van der Waals surface area contributed by atoms with Crippen LogP contribution in [0.1, 0.15) is 39.0 Å². The first-order chi connectivity index (χ1) is 5.72. The Bertz CT molecular complexity index is 95.8. The van der Waals surface area contributed by atoms with Gasteiger partial charge in [0.25, 0.3) is 0 Å². The van der Waals surface area contributed by atoms with E-state index in [2.05, 4.69) is 0 Å². The Morgan fingerprint density at radius 1 is 1.00 bits per heavy atom. The standard InChI is InChI=1S/C9H20O3/c1-2-5-8(11)9(12)6-3-4-7-10/h8-12H,2-7H2,1H3. The number of hydrogen-bond donors (Lipinski definition) is 3. The van der Waals surface area contributed by atoms with Gasteiger partial charge in [-0.15, -0.1) is 0 Å². The molecule has 0 aromatic carbocycles. The molecular weight excluding hydrogens is 156 g/mol. The summed E-state index contributed by atoms with van der Waals surface area (Å²) < 4.78 is 0. The van der Waals surface area contributed by atoms with Crippen molar-refractivity contribution < 1.29 is 15.3 Å². The molecule has 0 aliphatic heterocycles. The fourth-order valence-electron chi connectivity index (χ4n) is 1.15. The van der Waals surface area contributed by atoms with Crippen molar-refractivity contribution in [1.29, 1.82) is 0 Å². The van der Waals surface area contributed by atoms with Crippen LogP contribution in [0.25, 0.3) is 0 Å². The molecule has 0 bridgehead atoms. The van der Waals surface area contributed by atoms with Gasteiger partial charge in [-0.05, 0) is 25.7 Å². The van der Waals surface area contributed by atoms with Gasteiger partial charge in [-0.2, -0.15) is 0 Å². The number of aliphatic hydroxyl groups is 3. The van der Waals surface area contributed by atoms with Gasteiger partial charge in [-0.3, -0.25) is 0 Å². The van der Waals surface area contributed by atoms with Crippen molar-refractivity contribution >= 4 is 0 Å². The second-order valence-electron chi connectivity index (χ2n) is 3.14. The Balaban J connectivity index is 3.35. The van der Waals surface area contributed by atoms with Gasteiger partial charge in [0.2, 0.25) is 0 Å². The van der Waals surface area contributed by atoms with Crippen molar-refractivity contribution in [2.24, 2.45) is 0 Å². The maximum atomic E-state index is 9.34. The van der Waals surface area contributed by atoms with Gasteiger partial charge in [0.05, 0.1) is 12.2 Å². The molecule has 0 saturated heterocycles. The lowest BCUT2D eigenvalue weighted by atomic mass is 10.0. The Labute approximate surface area is 74.0 Å². The molecule has 3 heteroatoms. The van der Waals surface area contributed by atoms with Crippen molar-refractivity contribution in [3.8, 4) is 0 Å². The van der Waals surface area contributed by atoms with Gasteiger partial charge >= 0.3 is 0 Å². The first kappa shape index (κ1) is 11.9. The molecule has 0 radical (unpaired) electrons. The second kappa shape index (κ2) is 7.53. The molecule has 0 saturated carbocycles. The van der Waals surface area contributed by atoms with E-state index < -0.39 is 12.2 Å². The largest absolute Gasteiger partial charge is 0.396 e. The first-order valence-electron chi connectivity index (χ1n) is 4.69. The summed E-state index contributed by atoms with van der Waals surface area (Å²) >= 11 is 0. The van der Waals surface area contributed by atoms with Crippen LogP contribution in [0.4, 0.5) is 0 Å². The van der Waals surface area contributed by atoms with E-state index in [9.17, 15) is 10.2 Å². The average molecular weight is 176 g/mol. The van der Waals surface area contributed by atoms with E-state index in [1.54, 1.807) is 0 Å². The third-order valence-corrected chi connectivity index (χ3v) is 1.94. The van der Waals surface area contributed by atoms with Crippen LogP contribution in [0, 0.1) is 0 Å². The third kappa shape index (κ3) is 5.52. The minimum Gasteiger partial charge on any atom is -0.396 e. The molecule has 0 aromatic heterocycles. The monoisotopic (exact) mass is 176 g/mol. The van der Waals surface area contributed by atoms with Gasteiger partial charge < -0.3 is 15.3 Å². The lowest BCUT2D eigenvalue weighted by Gasteiger charge is -2.16. The van der Waals surface area contributed by atoms with E-state index >= 15 is 0 Å². The Morgan fingerprint density at radius 2 is 1.58 bits per heavy atom. The molecule has 0 amide bonds. The van der Waals surface area contributed by atoms with E-state index in [0.717, 1.165) is 12.8 Å². The zero-order valence-corrected chi connectivity index (χ0v) is 7.74. The normalized spacial score (nSPS) is 16.0. The lowest BCUT2D eigenvalue weighted by Crippen LogP contribution is -2.25. The summed E-state index contributed by atoms with van der Waals surface area (Å²) in [5, 5.41) is 27.1. The van der Waals surface area contributed by atoms with Crippen LogP contribution in [-0.4, -0.2) is 34.1 Å². The lowest BCUT2D eigenvalue weighted by molar-refractivity contribution is 0.00768. The van der Waals surface area contributed by atoms with Crippen molar-refractivity contribution in [3.63, 3.8) is 0 Å². The van der Waals surface area contributed by atoms with Crippen molar-refractivity contribution in [3.05, 3.63) is 0 Å². The molecule has 0 spiro atoms. The molecule has 74 valence electrons. The fraction of sp³-hybridized carbons (Fsp3) is 1.00. The molecule has 12 heavy (non-hydrogen) atoms. The van der Waals surface area contributed by atoms with E-state index in [1.807, 2.05) is 6.92 Å². The Morgan fingerprint density at radius 3 is 2.08 bits per heavy atom. The van der Waals surface area contributed by atoms with Crippen LogP contribution < -0.4 is 0 Å². The highest BCUT2D eigenvalue weighted by Gasteiger charge is 2.13. The minimum atomic E-state index is -0.614. The predicted molar refractivity (Wildman–Crippen MR) is 47.9 cm³/mol. The smallest absolute Gasteiger partial charge is 0.0799 e. The number of unbranched alkanes of at least 4 members (excludes halogenated alkanes) is 1. The van der Waals surface area contributed by atoms with E-state index in [4.69, 9.17) is 5.11 Å². The maximum absolute atomic E-state index is 9.34. The summed E-state index contributed by atoms with van der Waals surface area (Å²) in [7, 11) is 0. The molecule has 3 N–H and O–H groups in total. The molecule has 3 nitrogen and oxygen atoms in total. The van der Waals surface area contributed by atoms with Crippen molar-refractivity contribution in [2.75, 3.05) is 6.61 Å². The summed E-state index contributed by atoms with van der Waals surface area (Å²) in [6.45, 7) is 2.14. The summed E-state index contributed by atoms with van der Waals surface area (Å²) in [5.41, 5.74) is 0. The van der Waals surface area contributed by atoms with Gasteiger partial charge in [0.1, 0.15) is 0 Å². The summed E-state index contributed by atoms with van der Waals surface area (Å²) in [6, 6.07) is 0. The van der Waals surface area contributed by atoms with Gasteiger partial charge in [-0.1, -0.05) is 13.3 Å². The highest BCUT2D eigenvalue weighted by atomic mass is 16.3. The summed E-state index contributed by atoms with van der Waals surface area (Å²) in [5.74, 6) is 0. The zero-order valence-electron chi connectivity index (χ0n) is 7.74. The quantitative estimate of drug-likeness (QED) is 0.500. The maximum Gasteiger partial charge on any atom is 0.0799 e. The molecular formula is C9H20O3. The molecule has 0 rings (SSSR count). The van der Waals surface area contributed by atoms with Crippen molar-refractivity contribution in [2.45, 2.75) is 51.2 Å². The molecule has 0 aliphatic rings. The Hall–Kier alpha value is -0.120. The molecule has 0 aromatic rings.